The van der Waals surface area contributed by atoms with Gasteiger partial charge in [-0.05, 0) is 0 Å². The fourth-order valence-corrected chi connectivity index (χ4v) is 0.350. The van der Waals surface area contributed by atoms with Gasteiger partial charge < -0.3 is 4.74 Å². The van der Waals surface area contributed by atoms with Crippen LogP contribution in [-0.2, 0) is 9.53 Å². The van der Waals surface area contributed by atoms with Gasteiger partial charge in [0.1, 0.15) is 5.88 Å². The predicted octanol–water partition coefficient (Wildman–Crippen LogP) is 0.0451. The minimum absolute atomic E-state index is 0.210. The molecule has 5 nitrogen and oxygen atoms in total. The number of hydrogen-bond acceptors (Lipinski definition) is 4. The topological polar surface area (TPSA) is 69.4 Å². The van der Waals surface area contributed by atoms with Gasteiger partial charge in [-0.1, -0.05) is 0 Å². The van der Waals surface area contributed by atoms with Crippen LogP contribution in [0.4, 0.5) is 0 Å². The molecular formula is C4H6ClNO4. The third-order valence-electron chi connectivity index (χ3n) is 0.646. The standard InChI is InChI=1S/C4H6ClNO4/c5-3-4(7)10-2-1-6(8)9/h1-3H2. The molecule has 0 aromatic heterocycles. The van der Waals surface area contributed by atoms with Gasteiger partial charge in [-0.2, -0.15) is 0 Å². The van der Waals surface area contributed by atoms with Crippen molar-refractivity contribution in [2.75, 3.05) is 19.0 Å². The Labute approximate surface area is 62.1 Å². The number of carbonyl (C=O) groups is 1. The van der Waals surface area contributed by atoms with Gasteiger partial charge in [0.2, 0.25) is 6.54 Å². The second kappa shape index (κ2) is 4.99. The fraction of sp³-hybridized carbons (Fsp3) is 0.750. The van der Waals surface area contributed by atoms with Crippen LogP contribution < -0.4 is 0 Å². The summed E-state index contributed by atoms with van der Waals surface area (Å²) in [5, 5.41) is 9.65. The van der Waals surface area contributed by atoms with E-state index < -0.39 is 10.9 Å². The molecule has 0 aliphatic carbocycles. The largest absolute Gasteiger partial charge is 0.458 e. The summed E-state index contributed by atoms with van der Waals surface area (Å²) in [5.74, 6) is -0.902. The maximum atomic E-state index is 10.2. The molecule has 0 bridgehead atoms. The van der Waals surface area contributed by atoms with Gasteiger partial charge in [0, 0.05) is 4.92 Å². The van der Waals surface area contributed by atoms with Crippen LogP contribution in [0, 0.1) is 10.1 Å². The Morgan fingerprint density at radius 1 is 1.70 bits per heavy atom. The first-order valence-corrected chi connectivity index (χ1v) is 3.03. The fourth-order valence-electron chi connectivity index (χ4n) is 0.273. The normalized spacial score (nSPS) is 8.90. The zero-order valence-electron chi connectivity index (χ0n) is 5.08. The molecule has 10 heavy (non-hydrogen) atoms. The number of ether oxygens (including phenoxy) is 1. The monoisotopic (exact) mass is 167 g/mol. The molecule has 6 heteroatoms. The summed E-state index contributed by atoms with van der Waals surface area (Å²) >= 11 is 5.02. The van der Waals surface area contributed by atoms with Gasteiger partial charge in [-0.15, -0.1) is 11.6 Å². The number of nitrogens with zero attached hydrogens (tertiary/aromatic N) is 1. The van der Waals surface area contributed by atoms with Crippen LogP contribution in [0.3, 0.4) is 0 Å². The molecule has 0 spiro atoms. The first-order chi connectivity index (χ1) is 4.66. The average molecular weight is 168 g/mol. The molecule has 0 saturated carbocycles. The second-order valence-corrected chi connectivity index (χ2v) is 1.68. The molecule has 0 aliphatic rings. The highest BCUT2D eigenvalue weighted by Crippen LogP contribution is 1.82. The Balaban J connectivity index is 3.20. The number of halogens is 1. The number of hydrogen-bond donors (Lipinski definition) is 0. The molecule has 58 valence electrons. The number of alkyl halides is 1. The van der Waals surface area contributed by atoms with E-state index in [2.05, 4.69) is 4.74 Å². The van der Waals surface area contributed by atoms with Crippen molar-refractivity contribution in [1.82, 2.24) is 0 Å². The van der Waals surface area contributed by atoms with Crippen LogP contribution in [0.25, 0.3) is 0 Å². The maximum absolute atomic E-state index is 10.2. The van der Waals surface area contributed by atoms with Crippen LogP contribution in [0.2, 0.25) is 0 Å². The summed E-state index contributed by atoms with van der Waals surface area (Å²) in [6.07, 6.45) is 0. The summed E-state index contributed by atoms with van der Waals surface area (Å²) in [7, 11) is 0. The quantitative estimate of drug-likeness (QED) is 0.257. The summed E-state index contributed by atoms with van der Waals surface area (Å²) in [6.45, 7) is -0.582. The van der Waals surface area contributed by atoms with Crippen molar-refractivity contribution < 1.29 is 14.5 Å². The lowest BCUT2D eigenvalue weighted by molar-refractivity contribution is -0.482. The van der Waals surface area contributed by atoms with Gasteiger partial charge in [0.15, 0.2) is 6.61 Å². The number of carbonyl (C=O) groups excluding carboxylic acids is 1. The van der Waals surface area contributed by atoms with Crippen LogP contribution in [0.15, 0.2) is 0 Å². The van der Waals surface area contributed by atoms with E-state index in [0.29, 0.717) is 0 Å². The lowest BCUT2D eigenvalue weighted by Crippen LogP contribution is -2.14. The van der Waals surface area contributed by atoms with Crippen molar-refractivity contribution in [2.45, 2.75) is 0 Å². The smallest absolute Gasteiger partial charge is 0.321 e. The highest BCUT2D eigenvalue weighted by atomic mass is 35.5. The first-order valence-electron chi connectivity index (χ1n) is 2.50. The van der Waals surface area contributed by atoms with Crippen molar-refractivity contribution >= 4 is 17.6 Å². The van der Waals surface area contributed by atoms with Gasteiger partial charge in [0.25, 0.3) is 0 Å². The van der Waals surface area contributed by atoms with Gasteiger partial charge >= 0.3 is 5.97 Å². The maximum Gasteiger partial charge on any atom is 0.321 e. The van der Waals surface area contributed by atoms with E-state index in [9.17, 15) is 14.9 Å². The predicted molar refractivity (Wildman–Crippen MR) is 33.5 cm³/mol. The third-order valence-corrected chi connectivity index (χ3v) is 0.864. The summed E-state index contributed by atoms with van der Waals surface area (Å²) < 4.78 is 4.29. The average Bonchev–Trinajstić information content (AvgIpc) is 1.87. The molecular weight excluding hydrogens is 161 g/mol. The van der Waals surface area contributed by atoms with Gasteiger partial charge in [0.05, 0.1) is 0 Å². The molecule has 0 aromatic rings. The molecule has 0 rings (SSSR count). The van der Waals surface area contributed by atoms with E-state index in [0.717, 1.165) is 0 Å². The Morgan fingerprint density at radius 3 is 2.70 bits per heavy atom. The van der Waals surface area contributed by atoms with Crippen LogP contribution in [-0.4, -0.2) is 29.9 Å². The van der Waals surface area contributed by atoms with Crippen molar-refractivity contribution in [3.8, 4) is 0 Å². The Bertz CT molecular complexity index is 137. The SMILES string of the molecule is O=C(CCl)OCC[N+](=O)[O-]. The molecule has 0 fully saturated rings. The second-order valence-electron chi connectivity index (χ2n) is 1.41. The lowest BCUT2D eigenvalue weighted by Gasteiger charge is -1.96. The van der Waals surface area contributed by atoms with Crippen LogP contribution in [0.5, 0.6) is 0 Å². The molecule has 0 aliphatic heterocycles. The van der Waals surface area contributed by atoms with Crippen LogP contribution >= 0.6 is 11.6 Å². The minimum Gasteiger partial charge on any atom is -0.458 e. The molecule has 0 radical (unpaired) electrons. The van der Waals surface area contributed by atoms with Crippen molar-refractivity contribution in [2.24, 2.45) is 0 Å². The van der Waals surface area contributed by atoms with E-state index in [1.54, 1.807) is 0 Å². The minimum atomic E-state index is -0.636. The zero-order valence-corrected chi connectivity index (χ0v) is 5.84. The number of nitro groups is 1. The van der Waals surface area contributed by atoms with E-state index in [4.69, 9.17) is 11.6 Å². The zero-order chi connectivity index (χ0) is 7.98. The Morgan fingerprint density at radius 2 is 2.30 bits per heavy atom. The molecule has 0 N–H and O–H groups in total. The Kier molecular flexibility index (Phi) is 4.57. The molecule has 0 amide bonds. The molecule has 0 saturated heterocycles. The third kappa shape index (κ3) is 5.30. The highest BCUT2D eigenvalue weighted by molar-refractivity contribution is 6.26. The Hall–Kier alpha value is -0.840. The molecule has 0 unspecified atom stereocenters. The summed E-state index contributed by atoms with van der Waals surface area (Å²) in [5.41, 5.74) is 0. The number of esters is 1. The van der Waals surface area contributed by atoms with Crippen molar-refractivity contribution in [3.05, 3.63) is 10.1 Å². The van der Waals surface area contributed by atoms with Crippen molar-refractivity contribution in [3.63, 3.8) is 0 Å². The van der Waals surface area contributed by atoms with Gasteiger partial charge in [-0.25, -0.2) is 0 Å². The van der Waals surface area contributed by atoms with Crippen molar-refractivity contribution in [1.29, 1.82) is 0 Å². The number of rotatable bonds is 4. The molecule has 0 heterocycles. The molecule has 0 aromatic carbocycles. The van der Waals surface area contributed by atoms with Gasteiger partial charge in [-0.3, -0.25) is 14.9 Å². The van der Waals surface area contributed by atoms with E-state index in [1.165, 1.54) is 0 Å². The van der Waals surface area contributed by atoms with E-state index in [1.807, 2.05) is 0 Å². The van der Waals surface area contributed by atoms with E-state index >= 15 is 0 Å². The summed E-state index contributed by atoms with van der Waals surface area (Å²) in [4.78, 5) is 19.3. The first kappa shape index (κ1) is 9.16. The lowest BCUT2D eigenvalue weighted by atomic mass is 10.7. The van der Waals surface area contributed by atoms with E-state index in [-0.39, 0.29) is 19.0 Å². The summed E-state index contributed by atoms with van der Waals surface area (Å²) in [6, 6.07) is 0. The molecule has 0 atom stereocenters. The highest BCUT2D eigenvalue weighted by Gasteiger charge is 2.01. The van der Waals surface area contributed by atoms with Crippen LogP contribution in [0.1, 0.15) is 0 Å².